The molecule has 1 heterocycles. The van der Waals surface area contributed by atoms with E-state index in [0.717, 1.165) is 0 Å². The Hall–Kier alpha value is -2.56. The highest BCUT2D eigenvalue weighted by Gasteiger charge is 2.20. The van der Waals surface area contributed by atoms with Crippen LogP contribution in [0.15, 0.2) is 22.9 Å². The number of benzene rings is 1. The molecule has 0 spiro atoms. The monoisotopic (exact) mass is 342 g/mol. The first-order valence-corrected chi connectivity index (χ1v) is 5.95. The lowest BCUT2D eigenvalue weighted by Gasteiger charge is -2.02. The molecule has 0 unspecified atom stereocenters. The highest BCUT2D eigenvalue weighted by atomic mass is 79.9. The Morgan fingerprint density at radius 1 is 1.30 bits per heavy atom. The fourth-order valence-electron chi connectivity index (χ4n) is 1.53. The van der Waals surface area contributed by atoms with Crippen molar-refractivity contribution in [3.05, 3.63) is 48.7 Å². The molecule has 0 aliphatic carbocycles. The van der Waals surface area contributed by atoms with Crippen LogP contribution in [-0.2, 0) is 6.54 Å². The predicted octanol–water partition coefficient (Wildman–Crippen LogP) is 1.49. The average molecular weight is 343 g/mol. The fraction of sp³-hybridized carbons (Fsp3) is 0.111. The summed E-state index contributed by atoms with van der Waals surface area (Å²) in [5.74, 6) is -0.535. The van der Waals surface area contributed by atoms with E-state index in [1.165, 1.54) is 22.9 Å². The lowest BCUT2D eigenvalue weighted by Crippen LogP contribution is -2.04. The largest absolute Gasteiger partial charge is 0.492 e. The second-order valence-corrected chi connectivity index (χ2v) is 4.46. The highest BCUT2D eigenvalue weighted by molar-refractivity contribution is 9.10. The van der Waals surface area contributed by atoms with E-state index in [0.29, 0.717) is 5.56 Å². The van der Waals surface area contributed by atoms with Gasteiger partial charge < -0.3 is 15.8 Å². The molecule has 104 valence electrons. The van der Waals surface area contributed by atoms with Crippen LogP contribution in [0.2, 0.25) is 0 Å². The molecule has 20 heavy (non-hydrogen) atoms. The van der Waals surface area contributed by atoms with Crippen molar-refractivity contribution in [3.63, 3.8) is 0 Å². The Bertz CT molecular complexity index is 700. The van der Waals surface area contributed by atoms with Gasteiger partial charge in [0, 0.05) is 27.1 Å². The zero-order chi connectivity index (χ0) is 14.9. The van der Waals surface area contributed by atoms with E-state index in [4.69, 9.17) is 5.73 Å². The maximum atomic E-state index is 10.6. The van der Waals surface area contributed by atoms with E-state index in [2.05, 4.69) is 26.0 Å². The molecule has 2 rings (SSSR count). The second kappa shape index (κ2) is 5.21. The van der Waals surface area contributed by atoms with E-state index in [1.54, 1.807) is 0 Å². The molecule has 0 atom stereocenters. The van der Waals surface area contributed by atoms with E-state index >= 15 is 0 Å². The normalized spacial score (nSPS) is 10.4. The molecule has 2 N–H and O–H groups in total. The van der Waals surface area contributed by atoms with Crippen LogP contribution in [0.3, 0.4) is 0 Å². The molecule has 10 nitrogen and oxygen atoms in total. The maximum Gasteiger partial charge on any atom is 0.492 e. The third-order valence-corrected chi connectivity index (χ3v) is 2.99. The van der Waals surface area contributed by atoms with Crippen molar-refractivity contribution in [2.75, 3.05) is 5.73 Å². The standard InChI is InChI=1S/C9H7BrN6O4/c10-8-12-9(16(19)20)13-14(8)4-5-1-2-7(15(17)18)6(11)3-5/h1-3H,4,11H2. The van der Waals surface area contributed by atoms with Gasteiger partial charge in [-0.3, -0.25) is 10.1 Å². The van der Waals surface area contributed by atoms with Gasteiger partial charge in [-0.2, -0.15) is 4.68 Å². The summed E-state index contributed by atoms with van der Waals surface area (Å²) in [5.41, 5.74) is 5.98. The topological polar surface area (TPSA) is 143 Å². The van der Waals surface area contributed by atoms with Gasteiger partial charge in [-0.25, -0.2) is 0 Å². The van der Waals surface area contributed by atoms with Gasteiger partial charge in [0.15, 0.2) is 0 Å². The van der Waals surface area contributed by atoms with Crippen LogP contribution >= 0.6 is 15.9 Å². The number of nitrogens with two attached hydrogens (primary N) is 1. The highest BCUT2D eigenvalue weighted by Crippen LogP contribution is 2.23. The third-order valence-electron chi connectivity index (χ3n) is 2.40. The third kappa shape index (κ3) is 2.71. The van der Waals surface area contributed by atoms with E-state index in [1.807, 2.05) is 0 Å². The van der Waals surface area contributed by atoms with Crippen LogP contribution in [0.4, 0.5) is 17.3 Å². The summed E-state index contributed by atoms with van der Waals surface area (Å²) in [6.07, 6.45) is 0. The summed E-state index contributed by atoms with van der Waals surface area (Å²) in [6, 6.07) is 4.18. The van der Waals surface area contributed by atoms with Gasteiger partial charge in [-0.1, -0.05) is 6.07 Å². The van der Waals surface area contributed by atoms with Crippen molar-refractivity contribution in [3.8, 4) is 0 Å². The molecule has 1 aromatic heterocycles. The Morgan fingerprint density at radius 3 is 2.50 bits per heavy atom. The fourth-order valence-corrected chi connectivity index (χ4v) is 1.89. The van der Waals surface area contributed by atoms with E-state index in [-0.39, 0.29) is 22.7 Å². The first-order valence-electron chi connectivity index (χ1n) is 5.16. The summed E-state index contributed by atoms with van der Waals surface area (Å²) in [4.78, 5) is 23.5. The molecule has 0 aliphatic rings. The smallest absolute Gasteiger partial charge is 0.393 e. The lowest BCUT2D eigenvalue weighted by molar-refractivity contribution is -0.394. The Kier molecular flexibility index (Phi) is 3.61. The molecule has 0 saturated carbocycles. The number of anilines is 1. The van der Waals surface area contributed by atoms with Crippen LogP contribution in [0, 0.1) is 20.2 Å². The zero-order valence-corrected chi connectivity index (χ0v) is 11.3. The molecule has 2 aromatic rings. The number of nitro groups is 2. The van der Waals surface area contributed by atoms with Crippen LogP contribution in [-0.4, -0.2) is 24.6 Å². The quantitative estimate of drug-likeness (QED) is 0.503. The van der Waals surface area contributed by atoms with Crippen LogP contribution in [0.25, 0.3) is 0 Å². The molecule has 11 heteroatoms. The van der Waals surface area contributed by atoms with E-state index in [9.17, 15) is 20.2 Å². The van der Waals surface area contributed by atoms with Crippen molar-refractivity contribution in [2.24, 2.45) is 0 Å². The van der Waals surface area contributed by atoms with Crippen LogP contribution < -0.4 is 5.73 Å². The first-order chi connectivity index (χ1) is 9.38. The van der Waals surface area contributed by atoms with Gasteiger partial charge in [0.25, 0.3) is 10.4 Å². The summed E-state index contributed by atoms with van der Waals surface area (Å²) in [6.45, 7) is 0.142. The second-order valence-electron chi connectivity index (χ2n) is 3.75. The van der Waals surface area contributed by atoms with Gasteiger partial charge >= 0.3 is 5.95 Å². The molecular formula is C9H7BrN6O4. The molecule has 0 aliphatic heterocycles. The first kappa shape index (κ1) is 13.9. The Balaban J connectivity index is 2.28. The molecular weight excluding hydrogens is 336 g/mol. The number of nitrogens with zero attached hydrogens (tertiary/aromatic N) is 5. The minimum Gasteiger partial charge on any atom is -0.393 e. The van der Waals surface area contributed by atoms with Crippen molar-refractivity contribution in [2.45, 2.75) is 6.54 Å². The molecule has 0 fully saturated rings. The number of rotatable bonds is 4. The van der Waals surface area contributed by atoms with E-state index < -0.39 is 15.8 Å². The SMILES string of the molecule is Nc1cc(Cn2nc([N+](=O)[O-])nc2Br)ccc1[N+](=O)[O-]. The molecule has 0 radical (unpaired) electrons. The van der Waals surface area contributed by atoms with Gasteiger partial charge in [-0.05, 0) is 21.5 Å². The van der Waals surface area contributed by atoms with Gasteiger partial charge in [0.05, 0.1) is 11.5 Å². The Labute approximate surface area is 119 Å². The van der Waals surface area contributed by atoms with Crippen LogP contribution in [0.1, 0.15) is 5.56 Å². The number of halogens is 1. The molecule has 1 aromatic carbocycles. The summed E-state index contributed by atoms with van der Waals surface area (Å²) >= 11 is 3.04. The maximum absolute atomic E-state index is 10.6. The van der Waals surface area contributed by atoms with Gasteiger partial charge in [0.2, 0.25) is 0 Å². The van der Waals surface area contributed by atoms with Crippen molar-refractivity contribution < 1.29 is 9.85 Å². The molecule has 0 bridgehead atoms. The molecule has 0 amide bonds. The van der Waals surface area contributed by atoms with Crippen molar-refractivity contribution >= 4 is 33.3 Å². The minimum absolute atomic E-state index is 0.0123. The number of hydrogen-bond acceptors (Lipinski definition) is 7. The zero-order valence-electron chi connectivity index (χ0n) is 9.76. The summed E-state index contributed by atoms with van der Waals surface area (Å²) in [7, 11) is 0. The molecule has 0 saturated heterocycles. The number of aromatic nitrogens is 3. The summed E-state index contributed by atoms with van der Waals surface area (Å²) < 4.78 is 1.43. The predicted molar refractivity (Wildman–Crippen MR) is 71.0 cm³/mol. The number of nitrogen functional groups attached to an aromatic ring is 1. The average Bonchev–Trinajstić information content (AvgIpc) is 2.71. The summed E-state index contributed by atoms with van der Waals surface area (Å²) in [5, 5.41) is 24.9. The van der Waals surface area contributed by atoms with Crippen LogP contribution in [0.5, 0.6) is 0 Å². The number of hydrogen-bond donors (Lipinski definition) is 1. The number of nitro benzene ring substituents is 1. The van der Waals surface area contributed by atoms with Crippen molar-refractivity contribution in [1.29, 1.82) is 0 Å². The minimum atomic E-state index is -0.717. The Morgan fingerprint density at radius 2 is 2.00 bits per heavy atom. The van der Waals surface area contributed by atoms with Gasteiger partial charge in [0.1, 0.15) is 5.69 Å². The van der Waals surface area contributed by atoms with Gasteiger partial charge in [-0.15, -0.1) is 0 Å². The van der Waals surface area contributed by atoms with Crippen molar-refractivity contribution in [1.82, 2.24) is 14.8 Å². The lowest BCUT2D eigenvalue weighted by atomic mass is 10.2.